The average Bonchev–Trinajstić information content (AvgIpc) is 3.14. The first kappa shape index (κ1) is 25.1. The number of aryl methyl sites for hydroxylation is 1. The maximum Gasteiger partial charge on any atom is 0.410 e. The number of carbonyl (C=O) groups is 1. The van der Waals surface area contributed by atoms with Crippen molar-refractivity contribution in [3.8, 4) is 0 Å². The number of amides is 1. The molecule has 1 aromatic carbocycles. The second-order valence-electron chi connectivity index (χ2n) is 10.00. The second-order valence-corrected chi connectivity index (χ2v) is 10.00. The van der Waals surface area contributed by atoms with Crippen LogP contribution in [0.3, 0.4) is 0 Å². The van der Waals surface area contributed by atoms with E-state index in [2.05, 4.69) is 41.4 Å². The highest BCUT2D eigenvalue weighted by atomic mass is 127. The summed E-state index contributed by atoms with van der Waals surface area (Å²) in [5, 5.41) is 3.69. The van der Waals surface area contributed by atoms with Crippen molar-refractivity contribution in [2.75, 3.05) is 45.9 Å². The highest BCUT2D eigenvalue weighted by molar-refractivity contribution is 14.0. The normalized spacial score (nSPS) is 22.5. The summed E-state index contributed by atoms with van der Waals surface area (Å²) in [6.45, 7) is 13.1. The van der Waals surface area contributed by atoms with E-state index in [1.165, 1.54) is 11.1 Å². The Bertz CT molecular complexity index is 833. The van der Waals surface area contributed by atoms with Crippen LogP contribution >= 0.6 is 24.0 Å². The summed E-state index contributed by atoms with van der Waals surface area (Å²) in [7, 11) is 0. The molecule has 1 atom stereocenters. The number of guanidine groups is 1. The molecule has 0 radical (unpaired) electrons. The summed E-state index contributed by atoms with van der Waals surface area (Å²) in [6.07, 6.45) is 1.79. The van der Waals surface area contributed by atoms with Crippen molar-refractivity contribution in [1.82, 2.24) is 15.1 Å². The number of hydrogen-bond donors (Lipinski definition) is 1. The number of hydrogen-bond acceptors (Lipinski definition) is 6. The predicted octanol–water partition coefficient (Wildman–Crippen LogP) is 3.54. The summed E-state index contributed by atoms with van der Waals surface area (Å²) < 4.78 is 11.3. The first-order chi connectivity index (χ1) is 14.8. The summed E-state index contributed by atoms with van der Waals surface area (Å²) in [4.78, 5) is 21.4. The predicted molar refractivity (Wildman–Crippen MR) is 137 cm³/mol. The average molecular weight is 556 g/mol. The van der Waals surface area contributed by atoms with Crippen molar-refractivity contribution in [3.63, 3.8) is 0 Å². The van der Waals surface area contributed by atoms with Crippen LogP contribution in [-0.4, -0.2) is 79.4 Å². The number of carbonyl (C=O) groups excluding carboxylic acids is 1. The number of piperazine rings is 1. The van der Waals surface area contributed by atoms with Gasteiger partial charge in [0.15, 0.2) is 5.96 Å². The van der Waals surface area contributed by atoms with E-state index in [0.29, 0.717) is 19.6 Å². The molecule has 0 aromatic heterocycles. The quantitative estimate of drug-likeness (QED) is 0.578. The van der Waals surface area contributed by atoms with Gasteiger partial charge in [0.1, 0.15) is 5.60 Å². The first-order valence-corrected chi connectivity index (χ1v) is 11.4. The summed E-state index contributed by atoms with van der Waals surface area (Å²) in [5.41, 5.74) is 2.34. The minimum Gasteiger partial charge on any atom is -0.444 e. The molecule has 0 bridgehead atoms. The van der Waals surface area contributed by atoms with Crippen molar-refractivity contribution in [1.29, 1.82) is 0 Å². The van der Waals surface area contributed by atoms with Gasteiger partial charge in [0.2, 0.25) is 0 Å². The van der Waals surface area contributed by atoms with Gasteiger partial charge in [-0.2, -0.15) is 0 Å². The molecule has 2 saturated heterocycles. The molecule has 1 N–H and O–H groups in total. The second kappa shape index (κ2) is 10.2. The number of aliphatic imine (C=N–C) groups is 1. The summed E-state index contributed by atoms with van der Waals surface area (Å²) >= 11 is 0. The van der Waals surface area contributed by atoms with Gasteiger partial charge in [-0.15, -0.1) is 24.0 Å². The number of nitrogens with zero attached hydrogens (tertiary/aromatic N) is 3. The fourth-order valence-electron chi connectivity index (χ4n) is 4.94. The zero-order valence-corrected chi connectivity index (χ0v) is 22.1. The molecule has 7 nitrogen and oxygen atoms in total. The SMILES string of the molecule is Cc1ccccc1C1(CNC2=NCC3CN(C(=O)OC(C)(C)C)CCN23)CCOCC1.I. The van der Waals surface area contributed by atoms with Gasteiger partial charge in [0.05, 0.1) is 12.6 Å². The monoisotopic (exact) mass is 556 g/mol. The van der Waals surface area contributed by atoms with Crippen LogP contribution in [0.5, 0.6) is 0 Å². The Morgan fingerprint density at radius 2 is 1.97 bits per heavy atom. The molecule has 0 saturated carbocycles. The number of halogens is 1. The van der Waals surface area contributed by atoms with Crippen LogP contribution in [0.25, 0.3) is 0 Å². The third kappa shape index (κ3) is 5.50. The van der Waals surface area contributed by atoms with Crippen LogP contribution in [0, 0.1) is 6.92 Å². The van der Waals surface area contributed by atoms with Crippen molar-refractivity contribution >= 4 is 36.0 Å². The van der Waals surface area contributed by atoms with E-state index in [1.807, 2.05) is 25.7 Å². The molecule has 4 rings (SSSR count). The van der Waals surface area contributed by atoms with Gasteiger partial charge in [-0.1, -0.05) is 24.3 Å². The van der Waals surface area contributed by atoms with Crippen LogP contribution in [0.2, 0.25) is 0 Å². The zero-order chi connectivity index (χ0) is 22.1. The van der Waals surface area contributed by atoms with Crippen LogP contribution in [0.4, 0.5) is 4.79 Å². The van der Waals surface area contributed by atoms with Crippen LogP contribution in [-0.2, 0) is 14.9 Å². The Hall–Kier alpha value is -1.55. The Balaban J connectivity index is 0.00000289. The molecule has 32 heavy (non-hydrogen) atoms. The Morgan fingerprint density at radius 3 is 2.66 bits per heavy atom. The Labute approximate surface area is 208 Å². The fraction of sp³-hybridized carbons (Fsp3) is 0.667. The smallest absolute Gasteiger partial charge is 0.410 e. The number of benzene rings is 1. The van der Waals surface area contributed by atoms with E-state index in [1.54, 1.807) is 0 Å². The number of fused-ring (bicyclic) bond motifs is 1. The van der Waals surface area contributed by atoms with Crippen LogP contribution in [0.15, 0.2) is 29.3 Å². The fourth-order valence-corrected chi connectivity index (χ4v) is 4.94. The van der Waals surface area contributed by atoms with Crippen LogP contribution in [0.1, 0.15) is 44.7 Å². The van der Waals surface area contributed by atoms with Gasteiger partial charge in [0.25, 0.3) is 0 Å². The first-order valence-electron chi connectivity index (χ1n) is 11.4. The molecule has 178 valence electrons. The lowest BCUT2D eigenvalue weighted by Gasteiger charge is -2.41. The van der Waals surface area contributed by atoms with E-state index >= 15 is 0 Å². The molecular weight excluding hydrogens is 519 g/mol. The molecule has 2 fully saturated rings. The molecule has 1 aromatic rings. The van der Waals surface area contributed by atoms with Crippen molar-refractivity contribution < 1.29 is 14.3 Å². The Kier molecular flexibility index (Phi) is 7.96. The van der Waals surface area contributed by atoms with Gasteiger partial charge in [-0.25, -0.2) is 4.79 Å². The minimum absolute atomic E-state index is 0. The molecule has 0 spiro atoms. The number of ether oxygens (including phenoxy) is 2. The third-order valence-electron chi connectivity index (χ3n) is 6.61. The van der Waals surface area contributed by atoms with E-state index in [9.17, 15) is 4.79 Å². The van der Waals surface area contributed by atoms with E-state index in [4.69, 9.17) is 14.5 Å². The highest BCUT2D eigenvalue weighted by Gasteiger charge is 2.39. The van der Waals surface area contributed by atoms with E-state index in [0.717, 1.165) is 45.1 Å². The molecule has 1 amide bonds. The topological polar surface area (TPSA) is 66.4 Å². The van der Waals surface area contributed by atoms with Crippen molar-refractivity contribution in [3.05, 3.63) is 35.4 Å². The third-order valence-corrected chi connectivity index (χ3v) is 6.61. The van der Waals surface area contributed by atoms with Crippen molar-refractivity contribution in [2.45, 2.75) is 57.6 Å². The number of rotatable bonds is 3. The van der Waals surface area contributed by atoms with Gasteiger partial charge in [-0.05, 0) is 51.7 Å². The van der Waals surface area contributed by atoms with Gasteiger partial charge >= 0.3 is 6.09 Å². The maximum absolute atomic E-state index is 12.5. The van der Waals surface area contributed by atoms with E-state index < -0.39 is 5.60 Å². The minimum atomic E-state index is -0.472. The molecule has 3 aliphatic heterocycles. The molecule has 3 heterocycles. The maximum atomic E-state index is 12.5. The van der Waals surface area contributed by atoms with Crippen molar-refractivity contribution in [2.24, 2.45) is 4.99 Å². The highest BCUT2D eigenvalue weighted by Crippen LogP contribution is 2.36. The lowest BCUT2D eigenvalue weighted by atomic mass is 9.72. The zero-order valence-electron chi connectivity index (χ0n) is 19.7. The van der Waals surface area contributed by atoms with E-state index in [-0.39, 0.29) is 41.5 Å². The van der Waals surface area contributed by atoms with Gasteiger partial charge in [0, 0.05) is 44.8 Å². The molecule has 0 aliphatic carbocycles. The lowest BCUT2D eigenvalue weighted by Crippen LogP contribution is -2.58. The summed E-state index contributed by atoms with van der Waals surface area (Å²) in [5.74, 6) is 0.966. The molecule has 3 aliphatic rings. The molecule has 8 heteroatoms. The lowest BCUT2D eigenvalue weighted by molar-refractivity contribution is 0.0136. The standard InChI is InChI=1S/C24H36N4O3.HI/c1-18-7-5-6-8-20(18)24(9-13-30-14-10-24)17-26-21-25-15-19-16-27(11-12-28(19)21)22(29)31-23(2,3)4;/h5-8,19H,9-17H2,1-4H3,(H,25,26);1H. The molecule has 1 unspecified atom stereocenters. The largest absolute Gasteiger partial charge is 0.444 e. The summed E-state index contributed by atoms with van der Waals surface area (Å²) in [6, 6.07) is 8.92. The van der Waals surface area contributed by atoms with Gasteiger partial charge < -0.3 is 24.6 Å². The molecular formula is C24H37IN4O3. The Morgan fingerprint density at radius 1 is 1.25 bits per heavy atom. The number of nitrogens with one attached hydrogen (secondary N) is 1. The van der Waals surface area contributed by atoms with Crippen LogP contribution < -0.4 is 5.32 Å². The van der Waals surface area contributed by atoms with Gasteiger partial charge in [-0.3, -0.25) is 4.99 Å².